The SMILES string of the molecule is Cc1cccc(C)c1OC[C@H](O)Cn1c([C@H]2CC(=O)N(Cc3ccccc3)C2)nc2ccccc21. The summed E-state index contributed by atoms with van der Waals surface area (Å²) in [6.45, 7) is 5.77. The van der Waals surface area contributed by atoms with E-state index in [1.165, 1.54) is 0 Å². The van der Waals surface area contributed by atoms with Gasteiger partial charge in [-0.3, -0.25) is 4.79 Å². The zero-order valence-corrected chi connectivity index (χ0v) is 20.2. The summed E-state index contributed by atoms with van der Waals surface area (Å²) in [6.07, 6.45) is -0.298. The van der Waals surface area contributed by atoms with Crippen LogP contribution in [0.1, 0.15) is 34.9 Å². The Morgan fingerprint density at radius 1 is 1.00 bits per heavy atom. The maximum atomic E-state index is 12.9. The molecule has 4 aromatic rings. The van der Waals surface area contributed by atoms with Crippen molar-refractivity contribution in [3.8, 4) is 5.75 Å². The van der Waals surface area contributed by atoms with Gasteiger partial charge in [0.1, 0.15) is 24.3 Å². The topological polar surface area (TPSA) is 67.6 Å². The van der Waals surface area contributed by atoms with E-state index in [4.69, 9.17) is 9.72 Å². The standard InChI is InChI=1S/C29H31N3O3/c1-20-9-8-10-21(2)28(20)35-19-24(33)18-32-26-14-7-6-13-25(26)30-29(32)23-15-27(34)31(17-23)16-22-11-4-3-5-12-22/h3-14,23-24,33H,15-19H2,1-2H3/t23-,24+/m0/s1. The minimum Gasteiger partial charge on any atom is -0.490 e. The number of rotatable bonds is 8. The smallest absolute Gasteiger partial charge is 0.223 e. The number of hydrogen-bond donors (Lipinski definition) is 1. The van der Waals surface area contributed by atoms with Crippen LogP contribution in [-0.4, -0.2) is 44.7 Å². The van der Waals surface area contributed by atoms with E-state index in [1.807, 2.05) is 91.5 Å². The van der Waals surface area contributed by atoms with Gasteiger partial charge < -0.3 is 19.3 Å². The van der Waals surface area contributed by atoms with Crippen LogP contribution in [0.25, 0.3) is 11.0 Å². The van der Waals surface area contributed by atoms with Gasteiger partial charge in [-0.25, -0.2) is 4.98 Å². The highest BCUT2D eigenvalue weighted by atomic mass is 16.5. The number of benzene rings is 3. The normalized spacial score (nSPS) is 16.7. The molecule has 5 rings (SSSR count). The van der Waals surface area contributed by atoms with Crippen molar-refractivity contribution >= 4 is 16.9 Å². The second-order valence-corrected chi connectivity index (χ2v) is 9.42. The van der Waals surface area contributed by atoms with Crippen molar-refractivity contribution in [3.05, 3.63) is 95.3 Å². The van der Waals surface area contributed by atoms with Gasteiger partial charge >= 0.3 is 0 Å². The Labute approximate surface area is 205 Å². The van der Waals surface area contributed by atoms with Crippen LogP contribution in [0.5, 0.6) is 5.75 Å². The highest BCUT2D eigenvalue weighted by Gasteiger charge is 2.34. The maximum absolute atomic E-state index is 12.9. The number of aromatic nitrogens is 2. The maximum Gasteiger partial charge on any atom is 0.223 e. The second kappa shape index (κ2) is 9.92. The first-order valence-electron chi connectivity index (χ1n) is 12.1. The zero-order valence-electron chi connectivity index (χ0n) is 20.2. The van der Waals surface area contributed by atoms with Gasteiger partial charge in [-0.15, -0.1) is 0 Å². The molecular formula is C29H31N3O3. The predicted octanol–water partition coefficient (Wildman–Crippen LogP) is 4.61. The number of amides is 1. The number of imidazole rings is 1. The predicted molar refractivity (Wildman–Crippen MR) is 136 cm³/mol. The second-order valence-electron chi connectivity index (χ2n) is 9.42. The van der Waals surface area contributed by atoms with Crippen LogP contribution in [0.2, 0.25) is 0 Å². The van der Waals surface area contributed by atoms with E-state index in [0.717, 1.165) is 39.3 Å². The number of aliphatic hydroxyl groups is 1. The van der Waals surface area contributed by atoms with Crippen molar-refractivity contribution in [2.24, 2.45) is 0 Å². The Bertz CT molecular complexity index is 1310. The lowest BCUT2D eigenvalue weighted by atomic mass is 10.1. The molecule has 1 aliphatic heterocycles. The molecule has 1 saturated heterocycles. The molecule has 2 atom stereocenters. The number of fused-ring (bicyclic) bond motifs is 1. The number of hydrogen-bond acceptors (Lipinski definition) is 4. The van der Waals surface area contributed by atoms with E-state index in [9.17, 15) is 9.90 Å². The average molecular weight is 470 g/mol. The molecule has 1 aromatic heterocycles. The number of likely N-dealkylation sites (tertiary alicyclic amines) is 1. The van der Waals surface area contributed by atoms with Crippen molar-refractivity contribution in [3.63, 3.8) is 0 Å². The van der Waals surface area contributed by atoms with E-state index in [0.29, 0.717) is 26.1 Å². The third kappa shape index (κ3) is 4.93. The van der Waals surface area contributed by atoms with E-state index >= 15 is 0 Å². The van der Waals surface area contributed by atoms with Crippen LogP contribution in [-0.2, 0) is 17.9 Å². The Hall–Kier alpha value is -3.64. The molecule has 1 N–H and O–H groups in total. The lowest BCUT2D eigenvalue weighted by Gasteiger charge is -2.20. The molecule has 0 unspecified atom stereocenters. The van der Waals surface area contributed by atoms with Crippen LogP contribution in [0, 0.1) is 13.8 Å². The number of nitrogens with zero attached hydrogens (tertiary/aromatic N) is 3. The number of para-hydroxylation sites is 3. The van der Waals surface area contributed by atoms with Gasteiger partial charge in [0, 0.05) is 25.4 Å². The summed E-state index contributed by atoms with van der Waals surface area (Å²) >= 11 is 0. The monoisotopic (exact) mass is 469 g/mol. The molecule has 0 saturated carbocycles. The lowest BCUT2D eigenvalue weighted by molar-refractivity contribution is -0.128. The Kier molecular flexibility index (Phi) is 6.55. The van der Waals surface area contributed by atoms with Gasteiger partial charge in [0.25, 0.3) is 0 Å². The summed E-state index contributed by atoms with van der Waals surface area (Å²) in [5.74, 6) is 1.78. The molecule has 180 valence electrons. The molecular weight excluding hydrogens is 438 g/mol. The molecule has 0 aliphatic carbocycles. The summed E-state index contributed by atoms with van der Waals surface area (Å²) in [7, 11) is 0. The summed E-state index contributed by atoms with van der Waals surface area (Å²) in [6, 6.07) is 24.0. The molecule has 3 aromatic carbocycles. The van der Waals surface area contributed by atoms with Gasteiger partial charge in [-0.1, -0.05) is 60.7 Å². The quantitative estimate of drug-likeness (QED) is 0.409. The highest BCUT2D eigenvalue weighted by Crippen LogP contribution is 2.31. The number of aryl methyl sites for hydroxylation is 2. The third-order valence-electron chi connectivity index (χ3n) is 6.70. The Morgan fingerprint density at radius 2 is 1.71 bits per heavy atom. The Balaban J connectivity index is 1.35. The Morgan fingerprint density at radius 3 is 2.49 bits per heavy atom. The molecule has 1 fully saturated rings. The first-order chi connectivity index (χ1) is 17.0. The molecule has 0 spiro atoms. The van der Waals surface area contributed by atoms with Crippen molar-refractivity contribution in [2.45, 2.75) is 45.4 Å². The first kappa shape index (κ1) is 23.1. The van der Waals surface area contributed by atoms with E-state index in [2.05, 4.69) is 4.57 Å². The van der Waals surface area contributed by atoms with Gasteiger partial charge in [0.15, 0.2) is 0 Å². The summed E-state index contributed by atoms with van der Waals surface area (Å²) in [4.78, 5) is 19.7. The first-order valence-corrected chi connectivity index (χ1v) is 12.1. The number of ether oxygens (including phenoxy) is 1. The fraction of sp³-hybridized carbons (Fsp3) is 0.310. The average Bonchev–Trinajstić information content (AvgIpc) is 3.39. The number of aliphatic hydroxyl groups excluding tert-OH is 1. The fourth-order valence-corrected chi connectivity index (χ4v) is 4.97. The van der Waals surface area contributed by atoms with Crippen molar-refractivity contribution in [1.29, 1.82) is 0 Å². The molecule has 1 amide bonds. The fourth-order valence-electron chi connectivity index (χ4n) is 4.97. The van der Waals surface area contributed by atoms with Crippen molar-refractivity contribution in [2.75, 3.05) is 13.2 Å². The third-order valence-corrected chi connectivity index (χ3v) is 6.70. The zero-order chi connectivity index (χ0) is 24.4. The number of carbonyl (C=O) groups excluding carboxylic acids is 1. The summed E-state index contributed by atoms with van der Waals surface area (Å²) in [5.41, 5.74) is 5.05. The molecule has 6 nitrogen and oxygen atoms in total. The lowest BCUT2D eigenvalue weighted by Crippen LogP contribution is -2.26. The van der Waals surface area contributed by atoms with E-state index < -0.39 is 6.10 Å². The van der Waals surface area contributed by atoms with Gasteiger partial charge in [0.05, 0.1) is 17.6 Å². The molecule has 1 aliphatic rings. The minimum absolute atomic E-state index is 0.0228. The highest BCUT2D eigenvalue weighted by molar-refractivity contribution is 5.81. The molecule has 0 radical (unpaired) electrons. The van der Waals surface area contributed by atoms with E-state index in [1.54, 1.807) is 0 Å². The molecule has 6 heteroatoms. The van der Waals surface area contributed by atoms with Crippen LogP contribution in [0.3, 0.4) is 0 Å². The van der Waals surface area contributed by atoms with Gasteiger partial charge in [0.2, 0.25) is 5.91 Å². The number of carbonyl (C=O) groups is 1. The van der Waals surface area contributed by atoms with Crippen LogP contribution in [0.4, 0.5) is 0 Å². The van der Waals surface area contributed by atoms with Crippen LogP contribution in [0.15, 0.2) is 72.8 Å². The summed E-state index contributed by atoms with van der Waals surface area (Å²) in [5, 5.41) is 10.9. The van der Waals surface area contributed by atoms with Crippen LogP contribution >= 0.6 is 0 Å². The minimum atomic E-state index is -0.720. The van der Waals surface area contributed by atoms with Crippen molar-refractivity contribution in [1.82, 2.24) is 14.5 Å². The van der Waals surface area contributed by atoms with Gasteiger partial charge in [-0.05, 0) is 42.7 Å². The molecule has 35 heavy (non-hydrogen) atoms. The molecule has 0 bridgehead atoms. The van der Waals surface area contributed by atoms with Crippen LogP contribution < -0.4 is 4.74 Å². The molecule has 2 heterocycles. The van der Waals surface area contributed by atoms with Gasteiger partial charge in [-0.2, -0.15) is 0 Å². The summed E-state index contributed by atoms with van der Waals surface area (Å²) < 4.78 is 8.08. The largest absolute Gasteiger partial charge is 0.490 e. The van der Waals surface area contributed by atoms with E-state index in [-0.39, 0.29) is 18.4 Å². The van der Waals surface area contributed by atoms with Crippen molar-refractivity contribution < 1.29 is 14.6 Å².